The van der Waals surface area contributed by atoms with Crippen molar-refractivity contribution in [2.75, 3.05) is 19.8 Å². The molecule has 0 spiro atoms. The van der Waals surface area contributed by atoms with E-state index in [-0.39, 0.29) is 12.6 Å². The lowest BCUT2D eigenvalue weighted by Gasteiger charge is -2.41. The number of carbonyl (C=O) groups is 2. The number of benzene rings is 3. The molecule has 9 nitrogen and oxygen atoms in total. The second-order valence-corrected chi connectivity index (χ2v) is 16.5. The average molecular weight is 704 g/mol. The third-order valence-electron chi connectivity index (χ3n) is 9.30. The maximum Gasteiger partial charge on any atom is 0.413 e. The lowest BCUT2D eigenvalue weighted by atomic mass is 10.0. The molecule has 0 aromatic heterocycles. The zero-order valence-electron chi connectivity index (χ0n) is 30.8. The molecule has 0 N–H and O–H groups in total. The predicted octanol–water partition coefficient (Wildman–Crippen LogP) is 8.53. The van der Waals surface area contributed by atoms with Crippen LogP contribution in [0.3, 0.4) is 0 Å². The highest BCUT2D eigenvalue weighted by molar-refractivity contribution is 7.99. The molecule has 3 aromatic carbocycles. The lowest BCUT2D eigenvalue weighted by molar-refractivity contribution is -0.0616. The van der Waals surface area contributed by atoms with Crippen LogP contribution in [0, 0.1) is 0 Å². The third kappa shape index (κ3) is 9.01. The van der Waals surface area contributed by atoms with Crippen LogP contribution in [0.15, 0.2) is 95.9 Å². The Kier molecular flexibility index (Phi) is 11.6. The smallest absolute Gasteiger partial charge is 0.413 e. The van der Waals surface area contributed by atoms with Crippen LogP contribution < -0.4 is 0 Å². The highest BCUT2D eigenvalue weighted by Gasteiger charge is 2.51. The van der Waals surface area contributed by atoms with E-state index in [0.29, 0.717) is 32.7 Å². The number of rotatable bonds is 12. The first-order valence-corrected chi connectivity index (χ1v) is 18.3. The van der Waals surface area contributed by atoms with Gasteiger partial charge in [-0.3, -0.25) is 14.7 Å². The van der Waals surface area contributed by atoms with Crippen molar-refractivity contribution in [2.24, 2.45) is 0 Å². The van der Waals surface area contributed by atoms with E-state index in [4.69, 9.17) is 18.9 Å². The molecule has 2 saturated heterocycles. The molecule has 2 atom stereocenters. The fourth-order valence-corrected chi connectivity index (χ4v) is 8.25. The minimum absolute atomic E-state index is 0.111. The Morgan fingerprint density at radius 1 is 0.700 bits per heavy atom. The van der Waals surface area contributed by atoms with Gasteiger partial charge in [0.05, 0.1) is 36.9 Å². The lowest BCUT2D eigenvalue weighted by Crippen LogP contribution is -2.55. The van der Waals surface area contributed by atoms with Crippen molar-refractivity contribution in [1.29, 1.82) is 0 Å². The van der Waals surface area contributed by atoms with Crippen LogP contribution >= 0.6 is 11.8 Å². The second-order valence-electron chi connectivity index (χ2n) is 15.3. The molecule has 2 heterocycles. The van der Waals surface area contributed by atoms with E-state index in [1.54, 1.807) is 9.80 Å². The fourth-order valence-electron chi connectivity index (χ4n) is 7.07. The predicted molar refractivity (Wildman–Crippen MR) is 196 cm³/mol. The largest absolute Gasteiger partial charge is 0.449 e. The third-order valence-corrected chi connectivity index (χ3v) is 10.5. The summed E-state index contributed by atoms with van der Waals surface area (Å²) in [7, 11) is 0. The molecule has 2 aliphatic rings. The molecule has 2 amide bonds. The maximum atomic E-state index is 14.3. The van der Waals surface area contributed by atoms with Crippen LogP contribution in [0.5, 0.6) is 0 Å². The Hall–Kier alpha value is -3.57. The van der Waals surface area contributed by atoms with Crippen LogP contribution in [0.25, 0.3) is 0 Å². The van der Waals surface area contributed by atoms with E-state index in [0.717, 1.165) is 16.0 Å². The minimum atomic E-state index is -0.848. The Bertz CT molecular complexity index is 1490. The number of nitrogens with zero attached hydrogens (tertiary/aromatic N) is 3. The fraction of sp³-hybridized carbons (Fsp3) is 0.500. The van der Waals surface area contributed by atoms with Gasteiger partial charge in [-0.1, -0.05) is 90.6 Å². The van der Waals surface area contributed by atoms with Crippen molar-refractivity contribution in [2.45, 2.75) is 114 Å². The molecule has 0 bridgehead atoms. The number of hydrogen-bond donors (Lipinski definition) is 0. The normalized spacial score (nSPS) is 20.0. The zero-order valence-corrected chi connectivity index (χ0v) is 31.6. The summed E-state index contributed by atoms with van der Waals surface area (Å²) in [5.74, 6) is 0. The first-order chi connectivity index (χ1) is 23.6. The van der Waals surface area contributed by atoms with Crippen LogP contribution in [0.1, 0.15) is 72.9 Å². The van der Waals surface area contributed by atoms with E-state index in [2.05, 4.69) is 29.2 Å². The highest BCUT2D eigenvalue weighted by Crippen LogP contribution is 2.39. The first kappa shape index (κ1) is 37.7. The molecule has 0 radical (unpaired) electrons. The molecule has 0 unspecified atom stereocenters. The molecule has 2 fully saturated rings. The maximum absolute atomic E-state index is 14.3. The van der Waals surface area contributed by atoms with Gasteiger partial charge in [0, 0.05) is 24.4 Å². The SMILES string of the molecule is CC1(C)COC(C)(C)N1C(=O)OCC[C@@H]([C@@H](OC(=O)N1C(C)(C)COC1(C)C)Sc1ccccc1)N(Cc1ccccc1)Cc1ccccc1. The summed E-state index contributed by atoms with van der Waals surface area (Å²) in [4.78, 5) is 34.6. The molecule has 2 aliphatic heterocycles. The van der Waals surface area contributed by atoms with Crippen molar-refractivity contribution in [1.82, 2.24) is 14.7 Å². The van der Waals surface area contributed by atoms with Crippen LogP contribution in [0.2, 0.25) is 0 Å². The summed E-state index contributed by atoms with van der Waals surface area (Å²) in [6.45, 7) is 17.6. The number of carbonyl (C=O) groups excluding carboxylic acids is 2. The van der Waals surface area contributed by atoms with Crippen LogP contribution in [-0.2, 0) is 32.0 Å². The van der Waals surface area contributed by atoms with Gasteiger partial charge >= 0.3 is 12.2 Å². The summed E-state index contributed by atoms with van der Waals surface area (Å²) in [5.41, 5.74) is -1.18. The second kappa shape index (κ2) is 15.4. The standard InChI is InChI=1S/C40H53N3O6S/c1-37(2)28-47-39(5,6)42(37)35(44)46-25-24-33(41(26-30-18-12-9-13-19-30)27-31-20-14-10-15-21-31)34(50-32-22-16-11-17-23-32)49-36(45)43-38(3,4)29-48-40(43,7)8/h9-23,33-34H,24-29H2,1-8H3/t33-,34-/m0/s1. The van der Waals surface area contributed by atoms with Crippen molar-refractivity contribution in [3.05, 3.63) is 102 Å². The van der Waals surface area contributed by atoms with Crippen molar-refractivity contribution >= 4 is 23.9 Å². The minimum Gasteiger partial charge on any atom is -0.449 e. The number of ether oxygens (including phenoxy) is 4. The molecule has 3 aromatic rings. The van der Waals surface area contributed by atoms with E-state index < -0.39 is 40.2 Å². The van der Waals surface area contributed by atoms with Gasteiger partial charge in [-0.2, -0.15) is 0 Å². The summed E-state index contributed by atoms with van der Waals surface area (Å²) >= 11 is 1.49. The number of hydrogen-bond acceptors (Lipinski definition) is 8. The quantitative estimate of drug-likeness (QED) is 0.137. The molecule has 0 saturated carbocycles. The van der Waals surface area contributed by atoms with Gasteiger partial charge in [0.2, 0.25) is 0 Å². The molecular formula is C40H53N3O6S. The van der Waals surface area contributed by atoms with E-state index in [1.807, 2.05) is 122 Å². The molecular weight excluding hydrogens is 651 g/mol. The summed E-state index contributed by atoms with van der Waals surface area (Å²) in [6.07, 6.45) is -0.483. The zero-order chi connectivity index (χ0) is 36.2. The molecule has 50 heavy (non-hydrogen) atoms. The van der Waals surface area contributed by atoms with Gasteiger partial charge in [-0.15, -0.1) is 0 Å². The molecule has 5 rings (SSSR count). The van der Waals surface area contributed by atoms with Crippen molar-refractivity contribution in [3.63, 3.8) is 0 Å². The average Bonchev–Trinajstić information content (AvgIpc) is 3.43. The van der Waals surface area contributed by atoms with Crippen molar-refractivity contribution < 1.29 is 28.5 Å². The van der Waals surface area contributed by atoms with E-state index in [9.17, 15) is 9.59 Å². The first-order valence-electron chi connectivity index (χ1n) is 17.4. The van der Waals surface area contributed by atoms with Gasteiger partial charge in [0.25, 0.3) is 0 Å². The summed E-state index contributed by atoms with van der Waals surface area (Å²) in [5, 5.41) is 0. The number of amides is 2. The van der Waals surface area contributed by atoms with Gasteiger partial charge in [-0.05, 0) is 78.6 Å². The Morgan fingerprint density at radius 3 is 1.58 bits per heavy atom. The summed E-state index contributed by atoms with van der Waals surface area (Å²) < 4.78 is 24.7. The van der Waals surface area contributed by atoms with Gasteiger partial charge in [-0.25, -0.2) is 9.59 Å². The van der Waals surface area contributed by atoms with Crippen LogP contribution in [-0.4, -0.2) is 80.7 Å². The van der Waals surface area contributed by atoms with Gasteiger partial charge in [0.15, 0.2) is 5.44 Å². The summed E-state index contributed by atoms with van der Waals surface area (Å²) in [6, 6.07) is 30.1. The van der Waals surface area contributed by atoms with Crippen molar-refractivity contribution in [3.8, 4) is 0 Å². The monoisotopic (exact) mass is 703 g/mol. The molecule has 0 aliphatic carbocycles. The molecule has 10 heteroatoms. The highest BCUT2D eigenvalue weighted by atomic mass is 32.2. The van der Waals surface area contributed by atoms with E-state index >= 15 is 0 Å². The Balaban J connectivity index is 1.51. The van der Waals surface area contributed by atoms with Gasteiger partial charge < -0.3 is 18.9 Å². The topological polar surface area (TPSA) is 80.8 Å². The van der Waals surface area contributed by atoms with Gasteiger partial charge in [0.1, 0.15) is 11.4 Å². The van der Waals surface area contributed by atoms with E-state index in [1.165, 1.54) is 11.8 Å². The number of thioether (sulfide) groups is 1. The Labute approximate surface area is 302 Å². The van der Waals surface area contributed by atoms with Crippen LogP contribution in [0.4, 0.5) is 9.59 Å². The molecule has 270 valence electrons. The Morgan fingerprint density at radius 2 is 1.14 bits per heavy atom.